The van der Waals surface area contributed by atoms with E-state index in [1.807, 2.05) is 44.2 Å². The fourth-order valence-corrected chi connectivity index (χ4v) is 5.00. The van der Waals surface area contributed by atoms with Crippen LogP contribution in [0, 0.1) is 24.2 Å². The summed E-state index contributed by atoms with van der Waals surface area (Å²) < 4.78 is 5.90. The van der Waals surface area contributed by atoms with E-state index in [2.05, 4.69) is 18.0 Å². The predicted molar refractivity (Wildman–Crippen MR) is 141 cm³/mol. The number of pyridine rings is 1. The Morgan fingerprint density at radius 2 is 1.78 bits per heavy atom. The Morgan fingerprint density at radius 3 is 2.50 bits per heavy atom. The molecule has 2 heterocycles. The lowest BCUT2D eigenvalue weighted by atomic mass is 9.73. The van der Waals surface area contributed by atoms with Gasteiger partial charge in [0.25, 0.3) is 0 Å². The summed E-state index contributed by atoms with van der Waals surface area (Å²) in [4.78, 5) is 30.8. The third kappa shape index (κ3) is 6.60. The molecule has 1 aromatic carbocycles. The van der Waals surface area contributed by atoms with E-state index in [1.54, 1.807) is 20.8 Å². The summed E-state index contributed by atoms with van der Waals surface area (Å²) in [6.07, 6.45) is 2.32. The highest BCUT2D eigenvalue weighted by Crippen LogP contribution is 2.33. The van der Waals surface area contributed by atoms with Crippen molar-refractivity contribution in [2.75, 3.05) is 0 Å². The van der Waals surface area contributed by atoms with Crippen molar-refractivity contribution in [3.63, 3.8) is 0 Å². The molecule has 2 aromatic rings. The molecule has 36 heavy (non-hydrogen) atoms. The number of esters is 1. The van der Waals surface area contributed by atoms with Crippen LogP contribution in [-0.2, 0) is 14.3 Å². The number of aliphatic hydroxyl groups excluding tert-OH is 2. The molecule has 3 unspecified atom stereocenters. The van der Waals surface area contributed by atoms with E-state index in [0.717, 1.165) is 41.4 Å². The molecule has 1 aromatic heterocycles. The van der Waals surface area contributed by atoms with Crippen molar-refractivity contribution in [2.24, 2.45) is 17.3 Å². The van der Waals surface area contributed by atoms with Crippen molar-refractivity contribution in [3.05, 3.63) is 53.2 Å². The Balaban J connectivity index is 1.92. The van der Waals surface area contributed by atoms with E-state index >= 15 is 0 Å². The van der Waals surface area contributed by atoms with Crippen molar-refractivity contribution in [1.29, 1.82) is 0 Å². The lowest BCUT2D eigenvalue weighted by Crippen LogP contribution is -2.45. The van der Waals surface area contributed by atoms with Crippen LogP contribution in [0.5, 0.6) is 0 Å². The van der Waals surface area contributed by atoms with Gasteiger partial charge in [0.05, 0.1) is 29.6 Å². The summed E-state index contributed by atoms with van der Waals surface area (Å²) >= 11 is 0. The average molecular weight is 496 g/mol. The molecule has 196 valence electrons. The SMILES string of the molecule is C/C1=C/C[C@@H](c2ccc3nc(C)ccc3c2)OC(=O)CC(O)C(C)(C)C(=O)C(C)[C@@H](O)C(C)CCC1. The van der Waals surface area contributed by atoms with Crippen LogP contribution in [0.1, 0.15) is 84.1 Å². The van der Waals surface area contributed by atoms with Crippen LogP contribution in [0.15, 0.2) is 42.0 Å². The van der Waals surface area contributed by atoms with Gasteiger partial charge < -0.3 is 14.9 Å². The highest BCUT2D eigenvalue weighted by Gasteiger charge is 2.42. The molecule has 3 rings (SSSR count). The molecule has 1 aliphatic heterocycles. The number of carbonyl (C=O) groups excluding carboxylic acids is 2. The number of fused-ring (bicyclic) bond motifs is 1. The fraction of sp³-hybridized carbons (Fsp3) is 0.567. The first kappa shape index (κ1) is 28.0. The lowest BCUT2D eigenvalue weighted by molar-refractivity contribution is -0.155. The van der Waals surface area contributed by atoms with Gasteiger partial charge in [-0.1, -0.05) is 51.5 Å². The monoisotopic (exact) mass is 495 g/mol. The molecular formula is C30H41NO5. The van der Waals surface area contributed by atoms with Crippen molar-refractivity contribution in [2.45, 2.75) is 92.0 Å². The van der Waals surface area contributed by atoms with Crippen molar-refractivity contribution >= 4 is 22.7 Å². The normalized spacial score (nSPS) is 30.4. The second kappa shape index (κ2) is 11.7. The maximum Gasteiger partial charge on any atom is 0.309 e. The number of hydrogen-bond donors (Lipinski definition) is 2. The summed E-state index contributed by atoms with van der Waals surface area (Å²) in [6.45, 7) is 10.9. The maximum atomic E-state index is 13.2. The summed E-state index contributed by atoms with van der Waals surface area (Å²) in [5.74, 6) is -1.51. The van der Waals surface area contributed by atoms with Crippen LogP contribution in [0.25, 0.3) is 10.9 Å². The highest BCUT2D eigenvalue weighted by atomic mass is 16.5. The molecule has 6 heteroatoms. The number of Topliss-reactive ketones (excluding diaryl/α,β-unsaturated/α-hetero) is 1. The predicted octanol–water partition coefficient (Wildman–Crippen LogP) is 5.63. The number of hydrogen-bond acceptors (Lipinski definition) is 6. The van der Waals surface area contributed by atoms with Crippen molar-refractivity contribution in [3.8, 4) is 0 Å². The first-order valence-electron chi connectivity index (χ1n) is 13.0. The van der Waals surface area contributed by atoms with E-state index < -0.39 is 35.6 Å². The summed E-state index contributed by atoms with van der Waals surface area (Å²) in [6, 6.07) is 9.83. The van der Waals surface area contributed by atoms with Gasteiger partial charge in [0.1, 0.15) is 11.9 Å². The number of aryl methyl sites for hydroxylation is 1. The first-order chi connectivity index (χ1) is 16.9. The topological polar surface area (TPSA) is 96.7 Å². The number of carbonyl (C=O) groups is 2. The fourth-order valence-electron chi connectivity index (χ4n) is 5.00. The minimum absolute atomic E-state index is 0.0508. The largest absolute Gasteiger partial charge is 0.457 e. The second-order valence-electron chi connectivity index (χ2n) is 11.1. The first-order valence-corrected chi connectivity index (χ1v) is 13.0. The average Bonchev–Trinajstić information content (AvgIpc) is 2.83. The summed E-state index contributed by atoms with van der Waals surface area (Å²) in [7, 11) is 0. The van der Waals surface area contributed by atoms with Crippen LogP contribution >= 0.6 is 0 Å². The Bertz CT molecular complexity index is 1120. The molecular weight excluding hydrogens is 454 g/mol. The summed E-state index contributed by atoms with van der Waals surface area (Å²) in [5, 5.41) is 22.7. The number of nitrogens with zero attached hydrogens (tertiary/aromatic N) is 1. The van der Waals surface area contributed by atoms with E-state index in [9.17, 15) is 19.8 Å². The third-order valence-corrected chi connectivity index (χ3v) is 7.75. The molecule has 0 saturated heterocycles. The van der Waals surface area contributed by atoms with E-state index in [0.29, 0.717) is 6.42 Å². The van der Waals surface area contributed by atoms with Gasteiger partial charge in [0.15, 0.2) is 0 Å². The van der Waals surface area contributed by atoms with E-state index in [1.165, 1.54) is 5.57 Å². The molecule has 0 radical (unpaired) electrons. The number of rotatable bonds is 1. The Kier molecular flexibility index (Phi) is 9.07. The van der Waals surface area contributed by atoms with Crippen molar-refractivity contribution < 1.29 is 24.5 Å². The Hall–Kier alpha value is -2.57. The molecule has 0 aliphatic carbocycles. The van der Waals surface area contributed by atoms with E-state index in [-0.39, 0.29) is 18.1 Å². The smallest absolute Gasteiger partial charge is 0.309 e. The zero-order valence-corrected chi connectivity index (χ0v) is 22.5. The molecule has 6 nitrogen and oxygen atoms in total. The molecule has 5 atom stereocenters. The van der Waals surface area contributed by atoms with Crippen LogP contribution in [0.4, 0.5) is 0 Å². The number of ether oxygens (including phenoxy) is 1. The second-order valence-corrected chi connectivity index (χ2v) is 11.1. The zero-order chi connectivity index (χ0) is 26.6. The van der Waals surface area contributed by atoms with Gasteiger partial charge in [-0.2, -0.15) is 0 Å². The zero-order valence-electron chi connectivity index (χ0n) is 22.5. The molecule has 0 fully saturated rings. The van der Waals surface area contributed by atoms with Gasteiger partial charge in [-0.25, -0.2) is 0 Å². The quantitative estimate of drug-likeness (QED) is 0.393. The third-order valence-electron chi connectivity index (χ3n) is 7.75. The summed E-state index contributed by atoms with van der Waals surface area (Å²) in [5.41, 5.74) is 2.67. The van der Waals surface area contributed by atoms with Gasteiger partial charge in [0, 0.05) is 23.4 Å². The minimum Gasteiger partial charge on any atom is -0.457 e. The van der Waals surface area contributed by atoms with Gasteiger partial charge in [0.2, 0.25) is 0 Å². The molecule has 2 N–H and O–H groups in total. The van der Waals surface area contributed by atoms with Crippen LogP contribution in [0.2, 0.25) is 0 Å². The maximum absolute atomic E-state index is 13.2. The number of cyclic esters (lactones) is 1. The molecule has 0 spiro atoms. The number of ketones is 1. The van der Waals surface area contributed by atoms with Gasteiger partial charge >= 0.3 is 5.97 Å². The molecule has 0 bridgehead atoms. The number of allylic oxidation sites excluding steroid dienone is 1. The Labute approximate surface area is 214 Å². The standard InChI is InChI=1S/C30H41NO5/c1-18-8-7-9-19(2)28(34)21(4)29(35)30(5,6)26(32)17-27(33)36-25(15-10-18)23-13-14-24-22(16-23)12-11-20(3)31-24/h10-14,16,19,21,25-26,28,32,34H,7-9,15,17H2,1-6H3/b18-10-/t19?,21?,25-,26?,28-/m0/s1. The highest BCUT2D eigenvalue weighted by molar-refractivity contribution is 5.88. The molecule has 1 aliphatic rings. The van der Waals surface area contributed by atoms with E-state index in [4.69, 9.17) is 4.74 Å². The van der Waals surface area contributed by atoms with Gasteiger partial charge in [-0.15, -0.1) is 0 Å². The number of aromatic nitrogens is 1. The van der Waals surface area contributed by atoms with Crippen LogP contribution < -0.4 is 0 Å². The number of aliphatic hydroxyl groups is 2. The minimum atomic E-state index is -1.22. The number of benzene rings is 1. The van der Waals surface area contributed by atoms with Gasteiger partial charge in [-0.3, -0.25) is 14.6 Å². The lowest BCUT2D eigenvalue weighted by Gasteiger charge is -2.34. The van der Waals surface area contributed by atoms with Gasteiger partial charge in [-0.05, 0) is 62.8 Å². The molecule has 0 amide bonds. The Morgan fingerprint density at radius 1 is 1.06 bits per heavy atom. The molecule has 0 saturated carbocycles. The van der Waals surface area contributed by atoms with Crippen LogP contribution in [0.3, 0.4) is 0 Å². The van der Waals surface area contributed by atoms with Crippen LogP contribution in [-0.4, -0.2) is 39.2 Å². The van der Waals surface area contributed by atoms with Crippen molar-refractivity contribution in [1.82, 2.24) is 4.98 Å².